The minimum Gasteiger partial charge on any atom is -0.395 e. The van der Waals surface area contributed by atoms with Gasteiger partial charge in [0.25, 0.3) is 0 Å². The van der Waals surface area contributed by atoms with Crippen LogP contribution in [0.2, 0.25) is 0 Å². The van der Waals surface area contributed by atoms with E-state index in [4.69, 9.17) is 16.7 Å². The lowest BCUT2D eigenvalue weighted by Crippen LogP contribution is -2.23. The lowest BCUT2D eigenvalue weighted by atomic mass is 10.5. The Morgan fingerprint density at radius 2 is 2.12 bits per heavy atom. The SMILES string of the molecule is CN(CCO)CCCl. The summed E-state index contributed by atoms with van der Waals surface area (Å²) in [6, 6.07) is 0. The second kappa shape index (κ2) is 5.35. The molecule has 0 rings (SSSR count). The zero-order valence-electron chi connectivity index (χ0n) is 5.10. The number of rotatable bonds is 4. The van der Waals surface area contributed by atoms with Gasteiger partial charge in [0.05, 0.1) is 6.61 Å². The van der Waals surface area contributed by atoms with Crippen molar-refractivity contribution in [2.24, 2.45) is 0 Å². The number of hydrogen-bond acceptors (Lipinski definition) is 2. The van der Waals surface area contributed by atoms with Gasteiger partial charge in [0.1, 0.15) is 0 Å². The topological polar surface area (TPSA) is 23.5 Å². The van der Waals surface area contributed by atoms with E-state index in [-0.39, 0.29) is 6.61 Å². The van der Waals surface area contributed by atoms with Crippen LogP contribution in [0, 0.1) is 0 Å². The quantitative estimate of drug-likeness (QED) is 0.558. The van der Waals surface area contributed by atoms with Crippen LogP contribution in [-0.2, 0) is 0 Å². The molecule has 0 amide bonds. The third kappa shape index (κ3) is 4.37. The highest BCUT2D eigenvalue weighted by molar-refractivity contribution is 6.18. The molecule has 0 aromatic rings. The van der Waals surface area contributed by atoms with Gasteiger partial charge in [-0.1, -0.05) is 0 Å². The first-order valence-corrected chi connectivity index (χ1v) is 3.20. The monoisotopic (exact) mass is 137 g/mol. The van der Waals surface area contributed by atoms with Crippen molar-refractivity contribution in [2.45, 2.75) is 0 Å². The van der Waals surface area contributed by atoms with Crippen LogP contribution in [0.1, 0.15) is 0 Å². The maximum Gasteiger partial charge on any atom is 0.0558 e. The first kappa shape index (κ1) is 8.21. The number of aliphatic hydroxyl groups excluding tert-OH is 1. The second-order valence-corrected chi connectivity index (χ2v) is 2.09. The van der Waals surface area contributed by atoms with Crippen molar-refractivity contribution in [1.29, 1.82) is 0 Å². The Bertz CT molecular complexity index is 45.7. The van der Waals surface area contributed by atoms with E-state index in [9.17, 15) is 0 Å². The van der Waals surface area contributed by atoms with E-state index in [0.717, 1.165) is 6.54 Å². The van der Waals surface area contributed by atoms with Gasteiger partial charge in [0.15, 0.2) is 0 Å². The van der Waals surface area contributed by atoms with Crippen molar-refractivity contribution < 1.29 is 5.11 Å². The van der Waals surface area contributed by atoms with E-state index >= 15 is 0 Å². The van der Waals surface area contributed by atoms with Crippen molar-refractivity contribution in [2.75, 3.05) is 32.6 Å². The molecular weight excluding hydrogens is 126 g/mol. The molecule has 3 heteroatoms. The second-order valence-electron chi connectivity index (χ2n) is 1.72. The summed E-state index contributed by atoms with van der Waals surface area (Å²) in [5.41, 5.74) is 0. The molecule has 0 fully saturated rings. The smallest absolute Gasteiger partial charge is 0.0558 e. The van der Waals surface area contributed by atoms with Crippen LogP contribution < -0.4 is 0 Å². The average molecular weight is 138 g/mol. The highest BCUT2D eigenvalue weighted by atomic mass is 35.5. The van der Waals surface area contributed by atoms with Crippen molar-refractivity contribution in [1.82, 2.24) is 4.90 Å². The van der Waals surface area contributed by atoms with E-state index in [1.165, 1.54) is 0 Å². The highest BCUT2D eigenvalue weighted by Crippen LogP contribution is 1.81. The fourth-order valence-electron chi connectivity index (χ4n) is 0.427. The van der Waals surface area contributed by atoms with Crippen molar-refractivity contribution in [3.63, 3.8) is 0 Å². The Balaban J connectivity index is 2.92. The van der Waals surface area contributed by atoms with Crippen LogP contribution in [0.5, 0.6) is 0 Å². The summed E-state index contributed by atoms with van der Waals surface area (Å²) in [6.07, 6.45) is 0. The number of hydrogen-bond donors (Lipinski definition) is 1. The normalized spacial score (nSPS) is 10.5. The predicted octanol–water partition coefficient (Wildman–Crippen LogP) is 0.149. The van der Waals surface area contributed by atoms with Crippen molar-refractivity contribution in [3.8, 4) is 0 Å². The minimum atomic E-state index is 0.216. The molecule has 0 bridgehead atoms. The van der Waals surface area contributed by atoms with E-state index < -0.39 is 0 Å². The number of nitrogens with zero attached hydrogens (tertiary/aromatic N) is 1. The van der Waals surface area contributed by atoms with Crippen molar-refractivity contribution in [3.05, 3.63) is 0 Å². The number of aliphatic hydroxyl groups is 1. The van der Waals surface area contributed by atoms with E-state index in [1.54, 1.807) is 0 Å². The molecule has 0 atom stereocenters. The standard InChI is InChI=1S/C5H12ClNO/c1-7(3-2-6)4-5-8/h8H,2-5H2,1H3. The maximum absolute atomic E-state index is 8.38. The third-order valence-electron chi connectivity index (χ3n) is 0.948. The lowest BCUT2D eigenvalue weighted by Gasteiger charge is -2.11. The summed E-state index contributed by atoms with van der Waals surface area (Å²) in [5, 5.41) is 8.38. The van der Waals surface area contributed by atoms with Gasteiger partial charge in [-0.15, -0.1) is 11.6 Å². The summed E-state index contributed by atoms with van der Waals surface area (Å²) in [4.78, 5) is 1.98. The molecule has 0 unspecified atom stereocenters. The van der Waals surface area contributed by atoms with Gasteiger partial charge in [-0.2, -0.15) is 0 Å². The van der Waals surface area contributed by atoms with E-state index in [0.29, 0.717) is 12.4 Å². The molecule has 0 aromatic carbocycles. The van der Waals surface area contributed by atoms with Gasteiger partial charge >= 0.3 is 0 Å². The molecule has 8 heavy (non-hydrogen) atoms. The van der Waals surface area contributed by atoms with Gasteiger partial charge < -0.3 is 10.0 Å². The molecule has 0 saturated heterocycles. The van der Waals surface area contributed by atoms with Gasteiger partial charge in [0, 0.05) is 19.0 Å². The van der Waals surface area contributed by atoms with Crippen LogP contribution >= 0.6 is 11.6 Å². The van der Waals surface area contributed by atoms with Crippen molar-refractivity contribution >= 4 is 11.6 Å². The van der Waals surface area contributed by atoms with Crippen LogP contribution in [0.3, 0.4) is 0 Å². The molecule has 0 aliphatic heterocycles. The van der Waals surface area contributed by atoms with E-state index in [1.807, 2.05) is 11.9 Å². The summed E-state index contributed by atoms with van der Waals surface area (Å²) >= 11 is 5.41. The van der Waals surface area contributed by atoms with Crippen LogP contribution in [0.4, 0.5) is 0 Å². The molecule has 0 saturated carbocycles. The molecule has 2 nitrogen and oxygen atoms in total. The minimum absolute atomic E-state index is 0.216. The zero-order valence-corrected chi connectivity index (χ0v) is 5.86. The molecule has 0 radical (unpaired) electrons. The summed E-state index contributed by atoms with van der Waals surface area (Å²) in [7, 11) is 1.93. The van der Waals surface area contributed by atoms with Crippen LogP contribution in [0.15, 0.2) is 0 Å². The van der Waals surface area contributed by atoms with Gasteiger partial charge in [-0.25, -0.2) is 0 Å². The molecule has 0 aliphatic rings. The summed E-state index contributed by atoms with van der Waals surface area (Å²) in [5.74, 6) is 0.635. The first-order chi connectivity index (χ1) is 3.81. The molecular formula is C5H12ClNO. The molecule has 0 aliphatic carbocycles. The Morgan fingerprint density at radius 3 is 2.50 bits per heavy atom. The van der Waals surface area contributed by atoms with Crippen LogP contribution in [0.25, 0.3) is 0 Å². The Hall–Kier alpha value is 0.210. The summed E-state index contributed by atoms with van der Waals surface area (Å²) in [6.45, 7) is 1.78. The number of likely N-dealkylation sites (N-methyl/N-ethyl adjacent to an activating group) is 1. The highest BCUT2D eigenvalue weighted by Gasteiger charge is 1.91. The molecule has 0 spiro atoms. The van der Waals surface area contributed by atoms with Gasteiger partial charge in [0.2, 0.25) is 0 Å². The predicted molar refractivity (Wildman–Crippen MR) is 35.3 cm³/mol. The number of alkyl halides is 1. The number of halogens is 1. The fourth-order valence-corrected chi connectivity index (χ4v) is 0.715. The van der Waals surface area contributed by atoms with E-state index in [2.05, 4.69) is 0 Å². The first-order valence-electron chi connectivity index (χ1n) is 2.66. The fraction of sp³-hybridized carbons (Fsp3) is 1.00. The Labute approximate surface area is 55.1 Å². The van der Waals surface area contributed by atoms with Gasteiger partial charge in [-0.05, 0) is 7.05 Å². The average Bonchev–Trinajstić information content (AvgIpc) is 1.68. The molecule has 1 N–H and O–H groups in total. The Kier molecular flexibility index (Phi) is 5.49. The Morgan fingerprint density at radius 1 is 1.50 bits per heavy atom. The largest absolute Gasteiger partial charge is 0.395 e. The van der Waals surface area contributed by atoms with Crippen LogP contribution in [-0.4, -0.2) is 42.6 Å². The molecule has 50 valence electrons. The summed E-state index contributed by atoms with van der Waals surface area (Å²) < 4.78 is 0. The molecule has 0 heterocycles. The molecule has 0 aromatic heterocycles. The lowest BCUT2D eigenvalue weighted by molar-refractivity contribution is 0.228. The van der Waals surface area contributed by atoms with Gasteiger partial charge in [-0.3, -0.25) is 0 Å². The maximum atomic E-state index is 8.38. The zero-order chi connectivity index (χ0) is 6.41. The third-order valence-corrected chi connectivity index (χ3v) is 1.12.